The van der Waals surface area contributed by atoms with Gasteiger partial charge in [-0.05, 0) is 79.7 Å². The van der Waals surface area contributed by atoms with Gasteiger partial charge in [-0.3, -0.25) is 0 Å². The zero-order valence-electron chi connectivity index (χ0n) is 22.5. The van der Waals surface area contributed by atoms with Gasteiger partial charge >= 0.3 is 0 Å². The molecular weight excluding hydrogens is 547 g/mol. The second-order valence-electron chi connectivity index (χ2n) is 8.77. The molecule has 0 aliphatic rings. The van der Waals surface area contributed by atoms with Gasteiger partial charge in [0.25, 0.3) is 0 Å². The zero-order valence-corrected chi connectivity index (χ0v) is 23.2. The molecule has 0 aliphatic carbocycles. The van der Waals surface area contributed by atoms with Crippen molar-refractivity contribution in [3.8, 4) is 17.1 Å². The lowest BCUT2D eigenvalue weighted by Gasteiger charge is -2.12. The first-order chi connectivity index (χ1) is 20.1. The number of unbranched alkanes of at least 4 members (excludes halogenated alkanes) is 1. The molecule has 0 saturated carbocycles. The number of aromatic nitrogens is 2. The minimum Gasteiger partial charge on any atom is -0.487 e. The summed E-state index contributed by atoms with van der Waals surface area (Å²) in [6, 6.07) is 21.1. The molecule has 212 valence electrons. The van der Waals surface area contributed by atoms with Crippen molar-refractivity contribution in [2.75, 3.05) is 19.0 Å². The van der Waals surface area contributed by atoms with E-state index in [1.54, 1.807) is 24.3 Å². The molecule has 0 spiro atoms. The van der Waals surface area contributed by atoms with Crippen molar-refractivity contribution in [2.24, 2.45) is 5.73 Å². The van der Waals surface area contributed by atoms with E-state index in [2.05, 4.69) is 21.0 Å². The smallest absolute Gasteiger partial charge is 0.141 e. The largest absolute Gasteiger partial charge is 0.487 e. The van der Waals surface area contributed by atoms with E-state index in [9.17, 15) is 9.18 Å². The molecule has 41 heavy (non-hydrogen) atoms. The summed E-state index contributed by atoms with van der Waals surface area (Å²) in [5, 5.41) is 4.52. The molecule has 0 aliphatic heterocycles. The summed E-state index contributed by atoms with van der Waals surface area (Å²) in [5.41, 5.74) is 7.56. The van der Waals surface area contributed by atoms with Crippen molar-refractivity contribution in [1.82, 2.24) is 9.97 Å². The van der Waals surface area contributed by atoms with Crippen LogP contribution in [-0.4, -0.2) is 29.9 Å². The molecule has 0 bridgehead atoms. The van der Waals surface area contributed by atoms with E-state index in [1.165, 1.54) is 25.5 Å². The Morgan fingerprint density at radius 2 is 1.90 bits per heavy atom. The second kappa shape index (κ2) is 14.9. The number of anilines is 2. The van der Waals surface area contributed by atoms with Crippen LogP contribution >= 0.6 is 11.6 Å². The van der Waals surface area contributed by atoms with Gasteiger partial charge in [0, 0.05) is 29.7 Å². The van der Waals surface area contributed by atoms with Crippen molar-refractivity contribution < 1.29 is 23.1 Å². The van der Waals surface area contributed by atoms with Crippen molar-refractivity contribution in [3.63, 3.8) is 0 Å². The summed E-state index contributed by atoms with van der Waals surface area (Å²) in [5.74, 6) is 2.18. The Bertz CT molecular complexity index is 1590. The molecule has 5 rings (SSSR count). The van der Waals surface area contributed by atoms with E-state index in [0.717, 1.165) is 28.4 Å². The lowest BCUT2D eigenvalue weighted by Crippen LogP contribution is -1.99. The number of benzene rings is 3. The molecule has 3 N–H and O–H groups in total. The number of carbonyl (C=O) groups is 1. The van der Waals surface area contributed by atoms with Gasteiger partial charge in [0.1, 0.15) is 54.7 Å². The monoisotopic (exact) mass is 576 g/mol. The second-order valence-corrected chi connectivity index (χ2v) is 9.18. The number of ether oxygens (including phenoxy) is 2. The van der Waals surface area contributed by atoms with E-state index in [4.69, 9.17) is 25.5 Å². The summed E-state index contributed by atoms with van der Waals surface area (Å²) >= 11 is 6.47. The molecule has 10 heteroatoms. The summed E-state index contributed by atoms with van der Waals surface area (Å²) in [7, 11) is 1.50. The quantitative estimate of drug-likeness (QED) is 0.120. The number of nitrogens with one attached hydrogen (secondary N) is 1. The standard InChI is InChI=1S/C30H25ClFN3O4.CH5N/c31-26-16-23(7-10-29(26)38-17-20-4-3-5-22(32)14-20)35-30-25-15-21(6-9-27(25)33-19-34-30)28-11-8-24(39-28)18-37-13-2-1-12-36;1-2/h3-12,14-16,19H,1-2,13,17-18H2,(H,33,34,35);2H2,1H3. The molecule has 0 fully saturated rings. The Labute approximate surface area is 242 Å². The van der Waals surface area contributed by atoms with Gasteiger partial charge in [0.15, 0.2) is 0 Å². The van der Waals surface area contributed by atoms with Gasteiger partial charge in [-0.2, -0.15) is 0 Å². The SMILES string of the molecule is CN.O=CCCCOCc1ccc(-c2ccc3ncnc(Nc4ccc(OCc5cccc(F)c5)c(Cl)c4)c3c2)o1. The first kappa shape index (κ1) is 29.7. The molecule has 0 radical (unpaired) electrons. The number of rotatable bonds is 12. The maximum Gasteiger partial charge on any atom is 0.141 e. The molecule has 0 unspecified atom stereocenters. The third-order valence-corrected chi connectivity index (χ3v) is 6.21. The van der Waals surface area contributed by atoms with Crippen molar-refractivity contribution in [1.29, 1.82) is 0 Å². The van der Waals surface area contributed by atoms with E-state index >= 15 is 0 Å². The number of nitrogens with zero attached hydrogens (tertiary/aromatic N) is 2. The van der Waals surface area contributed by atoms with Crippen molar-refractivity contribution in [3.05, 3.63) is 101 Å². The minimum absolute atomic E-state index is 0.199. The highest BCUT2D eigenvalue weighted by molar-refractivity contribution is 6.32. The fourth-order valence-electron chi connectivity index (χ4n) is 3.98. The van der Waals surface area contributed by atoms with Crippen molar-refractivity contribution in [2.45, 2.75) is 26.1 Å². The van der Waals surface area contributed by atoms with E-state index in [-0.39, 0.29) is 12.4 Å². The highest BCUT2D eigenvalue weighted by Crippen LogP contribution is 2.33. The third kappa shape index (κ3) is 8.11. The van der Waals surface area contributed by atoms with Crippen LogP contribution in [0.15, 0.2) is 83.5 Å². The van der Waals surface area contributed by atoms with Crippen LogP contribution in [0.4, 0.5) is 15.9 Å². The predicted molar refractivity (Wildman–Crippen MR) is 158 cm³/mol. The fraction of sp³-hybridized carbons (Fsp3) is 0.194. The summed E-state index contributed by atoms with van der Waals surface area (Å²) in [6.45, 7) is 1.04. The Kier molecular flexibility index (Phi) is 10.8. The van der Waals surface area contributed by atoms with Crippen LogP contribution in [0.25, 0.3) is 22.2 Å². The Morgan fingerprint density at radius 1 is 1.02 bits per heavy atom. The van der Waals surface area contributed by atoms with Gasteiger partial charge in [-0.15, -0.1) is 0 Å². The number of carbonyl (C=O) groups excluding carboxylic acids is 1. The molecule has 3 aromatic carbocycles. The molecule has 0 atom stereocenters. The first-order valence-electron chi connectivity index (χ1n) is 13.0. The number of hydrogen-bond donors (Lipinski definition) is 2. The van der Waals surface area contributed by atoms with Crippen LogP contribution in [-0.2, 0) is 22.7 Å². The average molecular weight is 577 g/mol. The molecular formula is C31H30ClFN4O4. The lowest BCUT2D eigenvalue weighted by molar-refractivity contribution is -0.108. The number of aldehydes is 1. The van der Waals surface area contributed by atoms with Gasteiger partial charge in [0.2, 0.25) is 0 Å². The average Bonchev–Trinajstić information content (AvgIpc) is 3.47. The van der Waals surface area contributed by atoms with Crippen LogP contribution in [0.5, 0.6) is 5.75 Å². The van der Waals surface area contributed by atoms with Crippen LogP contribution in [0, 0.1) is 5.82 Å². The molecule has 0 saturated heterocycles. The Morgan fingerprint density at radius 3 is 2.71 bits per heavy atom. The van der Waals surface area contributed by atoms with Crippen LogP contribution < -0.4 is 15.8 Å². The fourth-order valence-corrected chi connectivity index (χ4v) is 4.22. The topological polar surface area (TPSA) is 113 Å². The van der Waals surface area contributed by atoms with Crippen LogP contribution in [0.2, 0.25) is 5.02 Å². The summed E-state index contributed by atoms with van der Waals surface area (Å²) in [6.07, 6.45) is 3.55. The van der Waals surface area contributed by atoms with E-state index in [1.807, 2.05) is 36.4 Å². The van der Waals surface area contributed by atoms with Crippen LogP contribution in [0.3, 0.4) is 0 Å². The van der Waals surface area contributed by atoms with Gasteiger partial charge < -0.3 is 29.7 Å². The Hall–Kier alpha value is -4.31. The normalized spacial score (nSPS) is 10.6. The summed E-state index contributed by atoms with van der Waals surface area (Å²) in [4.78, 5) is 19.2. The van der Waals surface area contributed by atoms with E-state index in [0.29, 0.717) is 59.7 Å². The number of halogens is 2. The first-order valence-corrected chi connectivity index (χ1v) is 13.3. The maximum atomic E-state index is 13.4. The number of furan rings is 1. The van der Waals surface area contributed by atoms with E-state index < -0.39 is 0 Å². The lowest BCUT2D eigenvalue weighted by atomic mass is 10.1. The highest BCUT2D eigenvalue weighted by atomic mass is 35.5. The minimum atomic E-state index is -0.314. The maximum absolute atomic E-state index is 13.4. The molecule has 2 heterocycles. The van der Waals surface area contributed by atoms with Gasteiger partial charge in [-0.25, -0.2) is 14.4 Å². The molecule has 8 nitrogen and oxygen atoms in total. The molecule has 0 amide bonds. The third-order valence-electron chi connectivity index (χ3n) is 5.91. The summed E-state index contributed by atoms with van der Waals surface area (Å²) < 4.78 is 30.7. The zero-order chi connectivity index (χ0) is 29.0. The van der Waals surface area contributed by atoms with Gasteiger partial charge in [-0.1, -0.05) is 23.7 Å². The molecule has 2 aromatic heterocycles. The number of fused-ring (bicyclic) bond motifs is 1. The predicted octanol–water partition coefficient (Wildman–Crippen LogP) is 7.08. The van der Waals surface area contributed by atoms with Crippen LogP contribution in [0.1, 0.15) is 24.2 Å². The van der Waals surface area contributed by atoms with Gasteiger partial charge in [0.05, 0.1) is 10.5 Å². The number of hydrogen-bond acceptors (Lipinski definition) is 8. The number of nitrogens with two attached hydrogens (primary N) is 1. The molecule has 5 aromatic rings. The van der Waals surface area contributed by atoms with Crippen molar-refractivity contribution >= 4 is 40.3 Å². The highest BCUT2D eigenvalue weighted by Gasteiger charge is 2.11. The Balaban J connectivity index is 0.00000189.